The largest absolute Gasteiger partial charge is 0.515 e. The van der Waals surface area contributed by atoms with E-state index < -0.39 is 17.5 Å². The van der Waals surface area contributed by atoms with E-state index in [4.69, 9.17) is 4.42 Å². The van der Waals surface area contributed by atoms with Gasteiger partial charge in [0.2, 0.25) is 0 Å². The zero-order valence-electron chi connectivity index (χ0n) is 13.9. The van der Waals surface area contributed by atoms with Crippen LogP contribution in [0.15, 0.2) is 51.7 Å². The third-order valence-corrected chi connectivity index (χ3v) is 4.51. The molecule has 1 aliphatic heterocycles. The Morgan fingerprint density at radius 2 is 1.93 bits per heavy atom. The Morgan fingerprint density at radius 1 is 1.15 bits per heavy atom. The predicted octanol–water partition coefficient (Wildman–Crippen LogP) is 1.19. The summed E-state index contributed by atoms with van der Waals surface area (Å²) in [6.07, 6.45) is 4.46. The molecular formula is C21H14O6. The number of carboxylic acids is 1. The van der Waals surface area contributed by atoms with Crippen LogP contribution in [0, 0.1) is 10.6 Å². The summed E-state index contributed by atoms with van der Waals surface area (Å²) in [7, 11) is 0. The van der Waals surface area contributed by atoms with E-state index in [2.05, 4.69) is 0 Å². The molecule has 0 bridgehead atoms. The number of aromatic carboxylic acids is 1. The van der Waals surface area contributed by atoms with Crippen LogP contribution in [0.25, 0.3) is 29.5 Å². The van der Waals surface area contributed by atoms with Gasteiger partial charge in [-0.3, -0.25) is 4.79 Å². The van der Waals surface area contributed by atoms with Gasteiger partial charge >= 0.3 is 5.97 Å². The molecule has 0 radical (unpaired) electrons. The average Bonchev–Trinajstić information content (AvgIpc) is 2.66. The van der Waals surface area contributed by atoms with Crippen LogP contribution < -0.4 is 16.1 Å². The van der Waals surface area contributed by atoms with E-state index in [1.807, 2.05) is 0 Å². The van der Waals surface area contributed by atoms with E-state index >= 15 is 0 Å². The predicted molar refractivity (Wildman–Crippen MR) is 98.5 cm³/mol. The first-order chi connectivity index (χ1) is 13.0. The quantitative estimate of drug-likeness (QED) is 0.632. The van der Waals surface area contributed by atoms with Crippen molar-refractivity contribution in [1.29, 1.82) is 0 Å². The van der Waals surface area contributed by atoms with E-state index in [-0.39, 0.29) is 16.2 Å². The average molecular weight is 362 g/mol. The topological polar surface area (TPSA) is 108 Å². The van der Waals surface area contributed by atoms with Gasteiger partial charge in [0.1, 0.15) is 10.8 Å². The van der Waals surface area contributed by atoms with Gasteiger partial charge in [-0.25, -0.2) is 4.79 Å². The molecule has 1 aromatic carbocycles. The summed E-state index contributed by atoms with van der Waals surface area (Å²) in [6.45, 7) is 0. The third-order valence-electron chi connectivity index (χ3n) is 4.51. The molecule has 0 spiro atoms. The van der Waals surface area contributed by atoms with E-state index in [1.54, 1.807) is 36.4 Å². The minimum absolute atomic E-state index is 0.0400. The first-order valence-electron chi connectivity index (χ1n) is 8.16. The van der Waals surface area contributed by atoms with Gasteiger partial charge in [0.15, 0.2) is 5.43 Å². The number of aliphatic hydroxyl groups is 2. The Bertz CT molecular complexity index is 1350. The fourth-order valence-corrected chi connectivity index (χ4v) is 3.32. The van der Waals surface area contributed by atoms with E-state index in [0.29, 0.717) is 33.6 Å². The van der Waals surface area contributed by atoms with Gasteiger partial charge < -0.3 is 19.7 Å². The number of fused-ring (bicyclic) bond motifs is 1. The van der Waals surface area contributed by atoms with Gasteiger partial charge in [0.05, 0.1) is 23.1 Å². The molecule has 0 fully saturated rings. The number of hydrogen-bond acceptors (Lipinski definition) is 5. The molecular weight excluding hydrogens is 348 g/mol. The normalized spacial score (nSPS) is 16.2. The fraction of sp³-hybridized carbons (Fsp3) is 0.0476. The maximum atomic E-state index is 12.1. The molecule has 3 N–H and O–H groups in total. The van der Waals surface area contributed by atoms with Gasteiger partial charge in [0.25, 0.3) is 0 Å². The van der Waals surface area contributed by atoms with Crippen molar-refractivity contribution >= 4 is 24.4 Å². The number of hydrogen-bond donors (Lipinski definition) is 3. The fourth-order valence-electron chi connectivity index (χ4n) is 3.32. The zero-order chi connectivity index (χ0) is 19.1. The Hall–Kier alpha value is -3.64. The number of aliphatic hydroxyl groups excluding tert-OH is 2. The second-order valence-corrected chi connectivity index (χ2v) is 6.11. The standard InChI is InChI=1S/C21H14O6/c22-10-16-17(24)8-7-15-19(12-3-1-2-4-13(12)21(25)26)14-6-5-11(23)9-18(14)27-20(15)16/h1-11,22-23H,(H,25,26). The van der Waals surface area contributed by atoms with E-state index in [0.717, 1.165) is 0 Å². The van der Waals surface area contributed by atoms with Crippen LogP contribution in [0.1, 0.15) is 15.9 Å². The lowest BCUT2D eigenvalue weighted by molar-refractivity contribution is 0.0697. The summed E-state index contributed by atoms with van der Waals surface area (Å²) in [5.41, 5.74) is 1.65. The smallest absolute Gasteiger partial charge is 0.336 e. The van der Waals surface area contributed by atoms with Crippen molar-refractivity contribution in [2.75, 3.05) is 0 Å². The number of benzene rings is 1. The molecule has 0 saturated heterocycles. The maximum Gasteiger partial charge on any atom is 0.336 e. The number of carbonyl (C=O) groups is 1. The minimum Gasteiger partial charge on any atom is -0.515 e. The molecule has 1 aromatic rings. The van der Waals surface area contributed by atoms with Gasteiger partial charge in [0, 0.05) is 16.3 Å². The third kappa shape index (κ3) is 2.63. The van der Waals surface area contributed by atoms with Gasteiger partial charge in [-0.2, -0.15) is 0 Å². The van der Waals surface area contributed by atoms with Crippen LogP contribution in [0.2, 0.25) is 0 Å². The Kier molecular flexibility index (Phi) is 3.90. The highest BCUT2D eigenvalue weighted by molar-refractivity contribution is 5.97. The minimum atomic E-state index is -1.09. The highest BCUT2D eigenvalue weighted by Gasteiger charge is 2.19. The lowest BCUT2D eigenvalue weighted by atomic mass is 9.92. The number of rotatable bonds is 2. The van der Waals surface area contributed by atoms with Crippen molar-refractivity contribution in [2.45, 2.75) is 6.10 Å². The van der Waals surface area contributed by atoms with Crippen molar-refractivity contribution in [3.05, 3.63) is 85.1 Å². The summed E-state index contributed by atoms with van der Waals surface area (Å²) in [6, 6.07) is 9.35. The maximum absolute atomic E-state index is 12.1. The second-order valence-electron chi connectivity index (χ2n) is 6.11. The molecule has 0 aromatic heterocycles. The lowest BCUT2D eigenvalue weighted by Crippen LogP contribution is -2.28. The Balaban J connectivity index is 2.33. The van der Waals surface area contributed by atoms with Crippen molar-refractivity contribution in [1.82, 2.24) is 0 Å². The van der Waals surface area contributed by atoms with Crippen LogP contribution in [-0.4, -0.2) is 27.4 Å². The molecule has 1 unspecified atom stereocenters. The molecule has 134 valence electrons. The summed E-state index contributed by atoms with van der Waals surface area (Å²) >= 11 is 0. The number of carboxylic acid groups (broad SMARTS) is 1. The Morgan fingerprint density at radius 3 is 2.67 bits per heavy atom. The van der Waals surface area contributed by atoms with E-state index in [1.165, 1.54) is 18.2 Å². The van der Waals surface area contributed by atoms with Crippen LogP contribution in [0.3, 0.4) is 0 Å². The molecule has 2 aliphatic carbocycles. The molecule has 6 nitrogen and oxygen atoms in total. The molecule has 4 rings (SSSR count). The SMILES string of the molecule is O=C(O)c1ccccc1-c1c2c(oc3c(=CO)c(=O)ccc1=3)=CC(O)C=C2. The monoisotopic (exact) mass is 362 g/mol. The first-order valence-corrected chi connectivity index (χ1v) is 8.16. The van der Waals surface area contributed by atoms with Crippen molar-refractivity contribution in [3.8, 4) is 11.1 Å². The van der Waals surface area contributed by atoms with Gasteiger partial charge in [-0.15, -0.1) is 0 Å². The molecule has 1 heterocycles. The lowest BCUT2D eigenvalue weighted by Gasteiger charge is -2.15. The van der Waals surface area contributed by atoms with Crippen LogP contribution in [0.5, 0.6) is 0 Å². The zero-order valence-corrected chi connectivity index (χ0v) is 13.9. The summed E-state index contributed by atoms with van der Waals surface area (Å²) in [5.74, 6) is -1.09. The molecule has 0 amide bonds. The molecule has 27 heavy (non-hydrogen) atoms. The van der Waals surface area contributed by atoms with Crippen molar-refractivity contribution < 1.29 is 24.5 Å². The Labute approximate surface area is 151 Å². The van der Waals surface area contributed by atoms with Crippen LogP contribution >= 0.6 is 0 Å². The molecule has 6 heteroatoms. The van der Waals surface area contributed by atoms with Gasteiger partial charge in [-0.05, 0) is 29.8 Å². The second kappa shape index (κ2) is 6.26. The van der Waals surface area contributed by atoms with Crippen LogP contribution in [0.4, 0.5) is 0 Å². The summed E-state index contributed by atoms with van der Waals surface area (Å²) in [5, 5.41) is 29.5. The van der Waals surface area contributed by atoms with Crippen LogP contribution in [-0.2, 0) is 0 Å². The van der Waals surface area contributed by atoms with Crippen molar-refractivity contribution in [2.24, 2.45) is 0 Å². The molecule has 0 saturated carbocycles. The van der Waals surface area contributed by atoms with Gasteiger partial charge in [-0.1, -0.05) is 30.4 Å². The summed E-state index contributed by atoms with van der Waals surface area (Å²) in [4.78, 5) is 23.8. The molecule has 3 aliphatic rings. The highest BCUT2D eigenvalue weighted by Crippen LogP contribution is 2.29. The van der Waals surface area contributed by atoms with Crippen molar-refractivity contribution in [3.63, 3.8) is 0 Å². The molecule has 1 atom stereocenters. The highest BCUT2D eigenvalue weighted by atomic mass is 16.4. The first kappa shape index (κ1) is 16.8. The summed E-state index contributed by atoms with van der Waals surface area (Å²) < 4.78 is 5.81. The van der Waals surface area contributed by atoms with E-state index in [9.17, 15) is 24.9 Å².